The Morgan fingerprint density at radius 3 is 2.50 bits per heavy atom. The van der Waals surface area contributed by atoms with Crippen LogP contribution in [0.15, 0.2) is 46.9 Å². The lowest BCUT2D eigenvalue weighted by Crippen LogP contribution is -2.91. The summed E-state index contributed by atoms with van der Waals surface area (Å²) in [6, 6.07) is 12.7. The number of anilines is 1. The Bertz CT molecular complexity index is 807. The molecule has 0 unspecified atom stereocenters. The van der Waals surface area contributed by atoms with Gasteiger partial charge in [-0.1, -0.05) is 12.1 Å². The number of carbonyl (C=O) groups is 2. The fraction of sp³-hybridized carbons (Fsp3) is 0.300. The van der Waals surface area contributed by atoms with Crippen LogP contribution in [0, 0.1) is 0 Å². The summed E-state index contributed by atoms with van der Waals surface area (Å²) in [5, 5.41) is 4.87. The number of ketones is 1. The predicted molar refractivity (Wildman–Crippen MR) is 106 cm³/mol. The highest BCUT2D eigenvalue weighted by Gasteiger charge is 2.21. The number of benzene rings is 2. The highest BCUT2D eigenvalue weighted by Crippen LogP contribution is 2.27. The average Bonchev–Trinajstić information content (AvgIpc) is 2.61. The summed E-state index contributed by atoms with van der Waals surface area (Å²) in [5.74, 6) is 0.640. The van der Waals surface area contributed by atoms with Crippen LogP contribution in [-0.4, -0.2) is 24.8 Å². The third-order valence-corrected chi connectivity index (χ3v) is 4.85. The van der Waals surface area contributed by atoms with E-state index in [9.17, 15) is 9.59 Å². The van der Waals surface area contributed by atoms with Crippen molar-refractivity contribution in [3.05, 3.63) is 58.1 Å². The Labute approximate surface area is 162 Å². The summed E-state index contributed by atoms with van der Waals surface area (Å²) in [4.78, 5) is 23.9. The molecule has 0 heterocycles. The van der Waals surface area contributed by atoms with Gasteiger partial charge in [0.25, 0.3) is 5.91 Å². The molecule has 0 radical (unpaired) electrons. The van der Waals surface area contributed by atoms with Gasteiger partial charge in [-0.05, 0) is 67.0 Å². The van der Waals surface area contributed by atoms with Crippen molar-refractivity contribution in [1.29, 1.82) is 0 Å². The SMILES string of the molecule is COc1ccc([C@@H](C)[NH2+][C@H](C)C(=O)Nc2cccc(C(C)=O)c2)cc1Br. The molecule has 5 nitrogen and oxygen atoms in total. The van der Waals surface area contributed by atoms with Crippen molar-refractivity contribution in [2.75, 3.05) is 12.4 Å². The maximum absolute atomic E-state index is 12.5. The Kier molecular flexibility index (Phi) is 6.94. The molecule has 0 saturated carbocycles. The van der Waals surface area contributed by atoms with E-state index in [0.29, 0.717) is 11.3 Å². The molecule has 2 atom stereocenters. The largest absolute Gasteiger partial charge is 0.496 e. The van der Waals surface area contributed by atoms with Crippen LogP contribution in [0.5, 0.6) is 5.75 Å². The van der Waals surface area contributed by atoms with Crippen molar-refractivity contribution in [3.63, 3.8) is 0 Å². The zero-order valence-electron chi connectivity index (χ0n) is 15.4. The molecule has 6 heteroatoms. The van der Waals surface area contributed by atoms with Gasteiger partial charge in [-0.25, -0.2) is 0 Å². The number of nitrogens with two attached hydrogens (primary N) is 1. The number of rotatable bonds is 7. The van der Waals surface area contributed by atoms with E-state index in [1.807, 2.05) is 30.4 Å². The van der Waals surface area contributed by atoms with Crippen LogP contribution < -0.4 is 15.4 Å². The van der Waals surface area contributed by atoms with Gasteiger partial charge in [0.05, 0.1) is 11.6 Å². The molecule has 0 saturated heterocycles. The van der Waals surface area contributed by atoms with Gasteiger partial charge in [0.2, 0.25) is 0 Å². The first-order chi connectivity index (χ1) is 12.3. The number of amides is 1. The third kappa shape index (κ3) is 5.16. The van der Waals surface area contributed by atoms with Crippen LogP contribution in [0.4, 0.5) is 5.69 Å². The van der Waals surface area contributed by atoms with Crippen molar-refractivity contribution >= 4 is 33.3 Å². The van der Waals surface area contributed by atoms with Crippen molar-refractivity contribution < 1.29 is 19.6 Å². The van der Waals surface area contributed by atoms with Crippen LogP contribution in [0.1, 0.15) is 42.7 Å². The molecule has 26 heavy (non-hydrogen) atoms. The minimum atomic E-state index is -0.285. The minimum absolute atomic E-state index is 0.0283. The molecule has 0 aliphatic heterocycles. The van der Waals surface area contributed by atoms with Crippen LogP contribution in [-0.2, 0) is 4.79 Å². The zero-order chi connectivity index (χ0) is 19.3. The van der Waals surface area contributed by atoms with Gasteiger partial charge in [-0.15, -0.1) is 0 Å². The molecule has 0 spiro atoms. The highest BCUT2D eigenvalue weighted by molar-refractivity contribution is 9.10. The minimum Gasteiger partial charge on any atom is -0.496 e. The average molecular weight is 420 g/mol. The van der Waals surface area contributed by atoms with Gasteiger partial charge in [0.1, 0.15) is 11.8 Å². The molecular weight excluding hydrogens is 396 g/mol. The van der Waals surface area contributed by atoms with Crippen molar-refractivity contribution in [2.45, 2.75) is 32.9 Å². The molecular formula is C20H24BrN2O3+. The molecule has 0 aliphatic carbocycles. The summed E-state index contributed by atoms with van der Waals surface area (Å²) < 4.78 is 6.13. The van der Waals surface area contributed by atoms with E-state index in [2.05, 4.69) is 28.2 Å². The Hall–Kier alpha value is -2.18. The quantitative estimate of drug-likeness (QED) is 0.676. The van der Waals surface area contributed by atoms with Gasteiger partial charge in [0.15, 0.2) is 11.8 Å². The summed E-state index contributed by atoms with van der Waals surface area (Å²) in [7, 11) is 1.63. The third-order valence-electron chi connectivity index (χ3n) is 4.23. The van der Waals surface area contributed by atoms with Gasteiger partial charge >= 0.3 is 0 Å². The normalized spacial score (nSPS) is 13.0. The molecule has 2 rings (SSSR count). The number of carbonyl (C=O) groups excluding carboxylic acids is 2. The monoisotopic (exact) mass is 419 g/mol. The number of methoxy groups -OCH3 is 1. The summed E-state index contributed by atoms with van der Waals surface area (Å²) in [6.07, 6.45) is 0. The lowest BCUT2D eigenvalue weighted by Gasteiger charge is -2.18. The van der Waals surface area contributed by atoms with Gasteiger partial charge in [0, 0.05) is 16.8 Å². The number of quaternary nitrogens is 1. The van der Waals surface area contributed by atoms with Crippen LogP contribution in [0.3, 0.4) is 0 Å². The number of hydrogen-bond donors (Lipinski definition) is 2. The fourth-order valence-corrected chi connectivity index (χ4v) is 3.23. The summed E-state index contributed by atoms with van der Waals surface area (Å²) in [5.41, 5.74) is 2.30. The first kappa shape index (κ1) is 20.1. The van der Waals surface area contributed by atoms with Crippen molar-refractivity contribution in [2.24, 2.45) is 0 Å². The summed E-state index contributed by atoms with van der Waals surface area (Å²) in [6.45, 7) is 5.42. The number of ether oxygens (including phenoxy) is 1. The lowest BCUT2D eigenvalue weighted by atomic mass is 10.1. The fourth-order valence-electron chi connectivity index (χ4n) is 2.67. The van der Waals surface area contributed by atoms with E-state index < -0.39 is 0 Å². The van der Waals surface area contributed by atoms with E-state index in [-0.39, 0.29) is 23.8 Å². The molecule has 3 N–H and O–H groups in total. The molecule has 2 aromatic carbocycles. The highest BCUT2D eigenvalue weighted by atomic mass is 79.9. The number of Topliss-reactive ketones (excluding diaryl/α,β-unsaturated/α-hetero) is 1. The van der Waals surface area contributed by atoms with E-state index >= 15 is 0 Å². The van der Waals surface area contributed by atoms with Gasteiger partial charge in [-0.3, -0.25) is 9.59 Å². The summed E-state index contributed by atoms with van der Waals surface area (Å²) >= 11 is 3.49. The standard InChI is InChI=1S/C20H23BrN2O3/c1-12(15-8-9-19(26-4)18(21)11-15)22-13(2)20(25)23-17-7-5-6-16(10-17)14(3)24/h5-13,22H,1-4H3,(H,23,25)/p+1/t12-,13-/m1/s1. The number of halogens is 1. The number of hydrogen-bond acceptors (Lipinski definition) is 3. The van der Waals surface area contributed by atoms with Crippen molar-refractivity contribution in [1.82, 2.24) is 0 Å². The van der Waals surface area contributed by atoms with Gasteiger partial charge in [-0.2, -0.15) is 0 Å². The zero-order valence-corrected chi connectivity index (χ0v) is 17.0. The lowest BCUT2D eigenvalue weighted by molar-refractivity contribution is -0.709. The molecule has 138 valence electrons. The molecule has 1 amide bonds. The Morgan fingerprint density at radius 1 is 1.15 bits per heavy atom. The Morgan fingerprint density at radius 2 is 1.88 bits per heavy atom. The maximum atomic E-state index is 12.5. The van der Waals surface area contributed by atoms with E-state index in [1.54, 1.807) is 31.4 Å². The second kappa shape index (κ2) is 8.96. The first-order valence-electron chi connectivity index (χ1n) is 8.42. The Balaban J connectivity index is 2.01. The van der Waals surface area contributed by atoms with Crippen LogP contribution in [0.2, 0.25) is 0 Å². The van der Waals surface area contributed by atoms with Crippen molar-refractivity contribution in [3.8, 4) is 5.75 Å². The van der Waals surface area contributed by atoms with Gasteiger partial charge < -0.3 is 15.4 Å². The molecule has 0 bridgehead atoms. The molecule has 2 aromatic rings. The van der Waals surface area contributed by atoms with Crippen LogP contribution in [0.25, 0.3) is 0 Å². The number of nitrogens with one attached hydrogen (secondary N) is 1. The van der Waals surface area contributed by atoms with Crippen LogP contribution >= 0.6 is 15.9 Å². The van der Waals surface area contributed by atoms with E-state index in [0.717, 1.165) is 15.8 Å². The molecule has 0 aliphatic rings. The first-order valence-corrected chi connectivity index (χ1v) is 9.21. The second-order valence-electron chi connectivity index (χ2n) is 6.29. The maximum Gasteiger partial charge on any atom is 0.282 e. The predicted octanol–water partition coefficient (Wildman–Crippen LogP) is 3.31. The topological polar surface area (TPSA) is 72.0 Å². The van der Waals surface area contributed by atoms with E-state index in [1.165, 1.54) is 6.92 Å². The molecule has 0 fully saturated rings. The smallest absolute Gasteiger partial charge is 0.282 e. The van der Waals surface area contributed by atoms with E-state index in [4.69, 9.17) is 4.74 Å². The molecule has 0 aromatic heterocycles. The second-order valence-corrected chi connectivity index (χ2v) is 7.14.